The molecule has 23 heavy (non-hydrogen) atoms. The van der Waals surface area contributed by atoms with Crippen LogP contribution >= 0.6 is 0 Å². The number of nitrogens with zero attached hydrogens (tertiary/aromatic N) is 4. The largest absolute Gasteiger partial charge is 0.389 e. The highest BCUT2D eigenvalue weighted by Gasteiger charge is 2.39. The Labute approximate surface area is 138 Å². The van der Waals surface area contributed by atoms with Gasteiger partial charge in [-0.2, -0.15) is 0 Å². The van der Waals surface area contributed by atoms with Crippen LogP contribution in [0.3, 0.4) is 0 Å². The van der Waals surface area contributed by atoms with Crippen LogP contribution in [0.15, 0.2) is 12.4 Å². The number of hydrogen-bond donors (Lipinski definition) is 1. The van der Waals surface area contributed by atoms with Gasteiger partial charge in [0.15, 0.2) is 0 Å². The van der Waals surface area contributed by atoms with E-state index in [1.54, 1.807) is 6.33 Å². The first kappa shape index (κ1) is 15.3. The van der Waals surface area contributed by atoms with Gasteiger partial charge in [0.2, 0.25) is 0 Å². The molecule has 3 aliphatic rings. The van der Waals surface area contributed by atoms with E-state index in [1.165, 1.54) is 32.1 Å². The van der Waals surface area contributed by atoms with Crippen LogP contribution < -0.4 is 4.90 Å². The molecule has 126 valence electrons. The number of aromatic nitrogens is 2. The summed E-state index contributed by atoms with van der Waals surface area (Å²) in [6, 6.07) is 3.39. The minimum Gasteiger partial charge on any atom is -0.389 e. The third-order valence-corrected chi connectivity index (χ3v) is 5.75. The number of rotatable bonds is 5. The second kappa shape index (κ2) is 6.02. The molecule has 3 fully saturated rings. The molecule has 1 saturated heterocycles. The summed E-state index contributed by atoms with van der Waals surface area (Å²) >= 11 is 0. The summed E-state index contributed by atoms with van der Waals surface area (Å²) in [5, 5.41) is 10.4. The second-order valence-electron chi connectivity index (χ2n) is 7.74. The predicted octanol–water partition coefficient (Wildman–Crippen LogP) is 2.13. The number of anilines is 1. The third-order valence-electron chi connectivity index (χ3n) is 5.75. The highest BCUT2D eigenvalue weighted by Crippen LogP contribution is 2.36. The van der Waals surface area contributed by atoms with Crippen LogP contribution in [-0.4, -0.2) is 57.3 Å². The zero-order valence-corrected chi connectivity index (χ0v) is 14.1. The fourth-order valence-electron chi connectivity index (χ4n) is 4.12. The average Bonchev–Trinajstić information content (AvgIpc) is 3.33. The summed E-state index contributed by atoms with van der Waals surface area (Å²) in [6.07, 6.45) is 9.80. The molecule has 0 bridgehead atoms. The molecule has 1 N–H and O–H groups in total. The van der Waals surface area contributed by atoms with Crippen LogP contribution in [-0.2, 0) is 0 Å². The summed E-state index contributed by atoms with van der Waals surface area (Å²) in [6.45, 7) is 5.11. The lowest BCUT2D eigenvalue weighted by atomic mass is 9.79. The third kappa shape index (κ3) is 3.36. The standard InChI is InChI=1S/C18H28N4O/c1-14-11-17(20-13-19-14)22(15-3-4-15)16-5-9-21(10-6-16)12-18(23)7-2-8-18/h11,13,15-16,23H,2-10,12H2,1H3. The lowest BCUT2D eigenvalue weighted by Crippen LogP contribution is -2.52. The van der Waals surface area contributed by atoms with Crippen molar-refractivity contribution in [1.29, 1.82) is 0 Å². The Morgan fingerprint density at radius 2 is 1.87 bits per heavy atom. The Morgan fingerprint density at radius 1 is 1.17 bits per heavy atom. The molecule has 2 saturated carbocycles. The first-order valence-corrected chi connectivity index (χ1v) is 9.15. The average molecular weight is 316 g/mol. The van der Waals surface area contributed by atoms with Crippen molar-refractivity contribution in [3.8, 4) is 0 Å². The van der Waals surface area contributed by atoms with E-state index in [4.69, 9.17) is 0 Å². The molecule has 4 rings (SSSR count). The lowest BCUT2D eigenvalue weighted by Gasteiger charge is -2.44. The minimum atomic E-state index is -0.382. The maximum absolute atomic E-state index is 10.4. The van der Waals surface area contributed by atoms with E-state index in [0.29, 0.717) is 12.1 Å². The molecule has 1 aromatic heterocycles. The molecule has 5 heteroatoms. The zero-order valence-electron chi connectivity index (χ0n) is 14.1. The summed E-state index contributed by atoms with van der Waals surface area (Å²) in [5.74, 6) is 1.11. The van der Waals surface area contributed by atoms with Gasteiger partial charge in [0.05, 0.1) is 5.60 Å². The van der Waals surface area contributed by atoms with Gasteiger partial charge in [-0.15, -0.1) is 0 Å². The fourth-order valence-corrected chi connectivity index (χ4v) is 4.12. The first-order valence-electron chi connectivity index (χ1n) is 9.15. The summed E-state index contributed by atoms with van der Waals surface area (Å²) in [4.78, 5) is 13.8. The topological polar surface area (TPSA) is 52.5 Å². The van der Waals surface area contributed by atoms with E-state index in [1.807, 2.05) is 6.92 Å². The van der Waals surface area contributed by atoms with E-state index >= 15 is 0 Å². The van der Waals surface area contributed by atoms with E-state index in [2.05, 4.69) is 25.8 Å². The van der Waals surface area contributed by atoms with Crippen LogP contribution in [0.4, 0.5) is 5.82 Å². The minimum absolute atomic E-state index is 0.382. The fraction of sp³-hybridized carbons (Fsp3) is 0.778. The van der Waals surface area contributed by atoms with Gasteiger partial charge in [-0.1, -0.05) is 0 Å². The van der Waals surface area contributed by atoms with E-state index in [9.17, 15) is 5.11 Å². The molecule has 0 atom stereocenters. The van der Waals surface area contributed by atoms with Crippen molar-refractivity contribution < 1.29 is 5.11 Å². The van der Waals surface area contributed by atoms with Crippen LogP contribution in [0, 0.1) is 6.92 Å². The Kier molecular flexibility index (Phi) is 4.01. The normalized spacial score (nSPS) is 25.1. The van der Waals surface area contributed by atoms with Gasteiger partial charge >= 0.3 is 0 Å². The number of likely N-dealkylation sites (tertiary alicyclic amines) is 1. The van der Waals surface area contributed by atoms with E-state index in [0.717, 1.165) is 44.0 Å². The molecule has 0 amide bonds. The Bertz CT molecular complexity index is 548. The van der Waals surface area contributed by atoms with Gasteiger partial charge in [-0.05, 0) is 51.9 Å². The van der Waals surface area contributed by atoms with Crippen molar-refractivity contribution in [2.24, 2.45) is 0 Å². The number of aryl methyl sites for hydroxylation is 1. The van der Waals surface area contributed by atoms with Crippen molar-refractivity contribution in [2.45, 2.75) is 69.6 Å². The van der Waals surface area contributed by atoms with Crippen molar-refractivity contribution in [2.75, 3.05) is 24.5 Å². The highest BCUT2D eigenvalue weighted by molar-refractivity contribution is 5.43. The van der Waals surface area contributed by atoms with Crippen molar-refractivity contribution in [1.82, 2.24) is 14.9 Å². The number of β-amino-alcohol motifs (C(OH)–C–C–N with tert-alkyl or cyclic N) is 1. The number of piperidine rings is 1. The SMILES string of the molecule is Cc1cc(N(C2CC2)C2CCN(CC3(O)CCC3)CC2)ncn1. The maximum atomic E-state index is 10.4. The van der Waals surface area contributed by atoms with Crippen LogP contribution in [0.25, 0.3) is 0 Å². The molecule has 0 unspecified atom stereocenters. The molecule has 1 aromatic rings. The summed E-state index contributed by atoms with van der Waals surface area (Å²) in [7, 11) is 0. The number of hydrogen-bond acceptors (Lipinski definition) is 5. The van der Waals surface area contributed by atoms with Crippen molar-refractivity contribution >= 4 is 5.82 Å². The Hall–Kier alpha value is -1.20. The van der Waals surface area contributed by atoms with Gasteiger partial charge in [0.25, 0.3) is 0 Å². The molecular weight excluding hydrogens is 288 g/mol. The van der Waals surface area contributed by atoms with Gasteiger partial charge in [-0.3, -0.25) is 0 Å². The monoisotopic (exact) mass is 316 g/mol. The highest BCUT2D eigenvalue weighted by atomic mass is 16.3. The maximum Gasteiger partial charge on any atom is 0.132 e. The number of aliphatic hydroxyl groups is 1. The molecule has 2 heterocycles. The molecule has 0 spiro atoms. The molecule has 0 radical (unpaired) electrons. The zero-order chi connectivity index (χ0) is 15.9. The van der Waals surface area contributed by atoms with Crippen LogP contribution in [0.2, 0.25) is 0 Å². The van der Waals surface area contributed by atoms with Crippen LogP contribution in [0.5, 0.6) is 0 Å². The van der Waals surface area contributed by atoms with E-state index in [-0.39, 0.29) is 5.60 Å². The predicted molar refractivity (Wildman–Crippen MR) is 90.5 cm³/mol. The Morgan fingerprint density at radius 3 is 2.43 bits per heavy atom. The smallest absolute Gasteiger partial charge is 0.132 e. The summed E-state index contributed by atoms with van der Waals surface area (Å²) in [5.41, 5.74) is 0.664. The molecule has 5 nitrogen and oxygen atoms in total. The van der Waals surface area contributed by atoms with Gasteiger partial charge in [-0.25, -0.2) is 9.97 Å². The first-order chi connectivity index (χ1) is 11.1. The molecule has 2 aliphatic carbocycles. The summed E-state index contributed by atoms with van der Waals surface area (Å²) < 4.78 is 0. The quantitative estimate of drug-likeness (QED) is 0.902. The van der Waals surface area contributed by atoms with Crippen molar-refractivity contribution in [3.05, 3.63) is 18.1 Å². The lowest BCUT2D eigenvalue weighted by molar-refractivity contribution is -0.0622. The van der Waals surface area contributed by atoms with Gasteiger partial charge in [0.1, 0.15) is 12.1 Å². The van der Waals surface area contributed by atoms with Crippen molar-refractivity contribution in [3.63, 3.8) is 0 Å². The van der Waals surface area contributed by atoms with Gasteiger partial charge in [0, 0.05) is 43.5 Å². The second-order valence-corrected chi connectivity index (χ2v) is 7.74. The Balaban J connectivity index is 1.39. The van der Waals surface area contributed by atoms with Crippen LogP contribution in [0.1, 0.15) is 50.6 Å². The molecular formula is C18H28N4O. The molecule has 1 aliphatic heterocycles. The van der Waals surface area contributed by atoms with Gasteiger partial charge < -0.3 is 14.9 Å². The molecule has 0 aromatic carbocycles. The van der Waals surface area contributed by atoms with E-state index < -0.39 is 0 Å².